The standard InChI is InChI=1S/C16H22N4OS/c1-3-19-9-11-20(12-10-19)15-16(18-22-17-15)21-13(2)14-7-5-4-6-8-14/h4-8,13H,3,9-12H2,1-2H3. The van der Waals surface area contributed by atoms with E-state index in [0.29, 0.717) is 5.88 Å². The number of ether oxygens (including phenoxy) is 1. The third-order valence-corrected chi connectivity index (χ3v) is 4.62. The SMILES string of the molecule is CCN1CCN(c2nsnc2OC(C)c2ccccc2)CC1. The summed E-state index contributed by atoms with van der Waals surface area (Å²) in [5.74, 6) is 1.55. The van der Waals surface area contributed by atoms with Crippen LogP contribution in [0.3, 0.4) is 0 Å². The molecule has 0 aliphatic carbocycles. The van der Waals surface area contributed by atoms with Crippen LogP contribution in [0.15, 0.2) is 30.3 Å². The van der Waals surface area contributed by atoms with Gasteiger partial charge in [0.1, 0.15) is 6.10 Å². The number of hydrogen-bond donors (Lipinski definition) is 0. The van der Waals surface area contributed by atoms with Crippen LogP contribution in [0.4, 0.5) is 5.82 Å². The Morgan fingerprint density at radius 2 is 1.86 bits per heavy atom. The number of likely N-dealkylation sites (N-methyl/N-ethyl adjacent to an activating group) is 1. The number of piperazine rings is 1. The Bertz CT molecular complexity index is 581. The second kappa shape index (κ2) is 7.07. The molecule has 0 amide bonds. The van der Waals surface area contributed by atoms with Gasteiger partial charge in [-0.25, -0.2) is 0 Å². The first-order chi connectivity index (χ1) is 10.8. The Balaban J connectivity index is 1.68. The summed E-state index contributed by atoms with van der Waals surface area (Å²) in [6.45, 7) is 9.47. The lowest BCUT2D eigenvalue weighted by Crippen LogP contribution is -2.46. The highest BCUT2D eigenvalue weighted by atomic mass is 32.1. The zero-order valence-electron chi connectivity index (χ0n) is 13.1. The van der Waals surface area contributed by atoms with Gasteiger partial charge in [-0.15, -0.1) is 4.37 Å². The molecule has 118 valence electrons. The van der Waals surface area contributed by atoms with Crippen molar-refractivity contribution < 1.29 is 4.74 Å². The minimum atomic E-state index is -0.0271. The van der Waals surface area contributed by atoms with Crippen LogP contribution >= 0.6 is 11.7 Å². The maximum absolute atomic E-state index is 6.06. The summed E-state index contributed by atoms with van der Waals surface area (Å²) < 4.78 is 14.9. The smallest absolute Gasteiger partial charge is 0.271 e. The normalized spacial score (nSPS) is 17.5. The minimum Gasteiger partial charge on any atom is -0.467 e. The predicted octanol–water partition coefficient (Wildman–Crippen LogP) is 2.82. The van der Waals surface area contributed by atoms with Gasteiger partial charge in [0.25, 0.3) is 5.88 Å². The Kier molecular flexibility index (Phi) is 4.90. The molecule has 1 saturated heterocycles. The lowest BCUT2D eigenvalue weighted by Gasteiger charge is -2.34. The maximum Gasteiger partial charge on any atom is 0.271 e. The van der Waals surface area contributed by atoms with Crippen molar-refractivity contribution in [3.8, 4) is 5.88 Å². The topological polar surface area (TPSA) is 41.5 Å². The molecule has 0 radical (unpaired) electrons. The third-order valence-electron chi connectivity index (χ3n) is 4.12. The van der Waals surface area contributed by atoms with Crippen LogP contribution in [-0.2, 0) is 0 Å². The lowest BCUT2D eigenvalue weighted by atomic mass is 10.1. The molecule has 1 aliphatic rings. The van der Waals surface area contributed by atoms with Crippen molar-refractivity contribution in [2.24, 2.45) is 0 Å². The van der Waals surface area contributed by atoms with E-state index in [9.17, 15) is 0 Å². The van der Waals surface area contributed by atoms with Crippen LogP contribution in [0.1, 0.15) is 25.5 Å². The fourth-order valence-electron chi connectivity index (χ4n) is 2.68. The molecule has 3 rings (SSSR count). The quantitative estimate of drug-likeness (QED) is 0.848. The van der Waals surface area contributed by atoms with Gasteiger partial charge in [0.05, 0.1) is 11.7 Å². The van der Waals surface area contributed by atoms with Gasteiger partial charge < -0.3 is 14.5 Å². The van der Waals surface area contributed by atoms with Crippen molar-refractivity contribution in [2.75, 3.05) is 37.6 Å². The molecule has 1 aromatic heterocycles. The van der Waals surface area contributed by atoms with E-state index in [-0.39, 0.29) is 6.10 Å². The number of nitrogens with zero attached hydrogens (tertiary/aromatic N) is 4. The second-order valence-corrected chi connectivity index (χ2v) is 6.01. The first-order valence-corrected chi connectivity index (χ1v) is 8.52. The largest absolute Gasteiger partial charge is 0.467 e. The maximum atomic E-state index is 6.06. The minimum absolute atomic E-state index is 0.0271. The van der Waals surface area contributed by atoms with E-state index in [1.807, 2.05) is 25.1 Å². The summed E-state index contributed by atoms with van der Waals surface area (Å²) in [6.07, 6.45) is -0.0271. The first-order valence-electron chi connectivity index (χ1n) is 7.79. The van der Waals surface area contributed by atoms with E-state index in [1.165, 1.54) is 11.7 Å². The first kappa shape index (κ1) is 15.2. The molecule has 1 atom stereocenters. The summed E-state index contributed by atoms with van der Waals surface area (Å²) in [6, 6.07) is 10.2. The molecule has 2 heterocycles. The molecule has 0 spiro atoms. The molecule has 0 N–H and O–H groups in total. The molecular formula is C16H22N4OS. The van der Waals surface area contributed by atoms with Gasteiger partial charge in [-0.1, -0.05) is 37.3 Å². The molecule has 1 aromatic carbocycles. The summed E-state index contributed by atoms with van der Waals surface area (Å²) in [4.78, 5) is 4.73. The van der Waals surface area contributed by atoms with Crippen LogP contribution in [0.2, 0.25) is 0 Å². The van der Waals surface area contributed by atoms with Crippen molar-refractivity contribution in [3.05, 3.63) is 35.9 Å². The third kappa shape index (κ3) is 3.39. The Morgan fingerprint density at radius 3 is 2.55 bits per heavy atom. The fourth-order valence-corrected chi connectivity index (χ4v) is 3.19. The molecule has 5 nitrogen and oxygen atoms in total. The molecule has 22 heavy (non-hydrogen) atoms. The van der Waals surface area contributed by atoms with E-state index >= 15 is 0 Å². The highest BCUT2D eigenvalue weighted by molar-refractivity contribution is 6.99. The van der Waals surface area contributed by atoms with Gasteiger partial charge in [0, 0.05) is 26.2 Å². The number of rotatable bonds is 5. The highest BCUT2D eigenvalue weighted by Gasteiger charge is 2.23. The van der Waals surface area contributed by atoms with Gasteiger partial charge >= 0.3 is 0 Å². The predicted molar refractivity (Wildman–Crippen MR) is 89.7 cm³/mol. The summed E-state index contributed by atoms with van der Waals surface area (Å²) >= 11 is 1.22. The van der Waals surface area contributed by atoms with Gasteiger partial charge in [-0.3, -0.25) is 0 Å². The Morgan fingerprint density at radius 1 is 1.14 bits per heavy atom. The number of hydrogen-bond acceptors (Lipinski definition) is 6. The van der Waals surface area contributed by atoms with Crippen molar-refractivity contribution in [2.45, 2.75) is 20.0 Å². The van der Waals surface area contributed by atoms with E-state index < -0.39 is 0 Å². The summed E-state index contributed by atoms with van der Waals surface area (Å²) in [7, 11) is 0. The van der Waals surface area contributed by atoms with Crippen LogP contribution in [0.25, 0.3) is 0 Å². The molecule has 2 aromatic rings. The van der Waals surface area contributed by atoms with E-state index in [1.54, 1.807) is 0 Å². The van der Waals surface area contributed by atoms with Crippen LogP contribution < -0.4 is 9.64 Å². The van der Waals surface area contributed by atoms with Crippen molar-refractivity contribution >= 4 is 17.5 Å². The zero-order valence-corrected chi connectivity index (χ0v) is 13.9. The molecule has 0 saturated carbocycles. The molecule has 1 unspecified atom stereocenters. The average molecular weight is 318 g/mol. The highest BCUT2D eigenvalue weighted by Crippen LogP contribution is 2.30. The van der Waals surface area contributed by atoms with Crippen LogP contribution in [0.5, 0.6) is 5.88 Å². The zero-order chi connectivity index (χ0) is 15.4. The monoisotopic (exact) mass is 318 g/mol. The average Bonchev–Trinajstić information content (AvgIpc) is 3.04. The van der Waals surface area contributed by atoms with E-state index in [0.717, 1.165) is 44.1 Å². The van der Waals surface area contributed by atoms with Gasteiger partial charge in [-0.05, 0) is 19.0 Å². The number of aromatic nitrogens is 2. The van der Waals surface area contributed by atoms with Gasteiger partial charge in [0.2, 0.25) is 5.82 Å². The Labute approximate surface area is 135 Å². The van der Waals surface area contributed by atoms with Crippen molar-refractivity contribution in [3.63, 3.8) is 0 Å². The van der Waals surface area contributed by atoms with E-state index in [2.05, 4.69) is 37.6 Å². The van der Waals surface area contributed by atoms with Crippen LogP contribution in [0, 0.1) is 0 Å². The van der Waals surface area contributed by atoms with Crippen molar-refractivity contribution in [1.29, 1.82) is 0 Å². The fraction of sp³-hybridized carbons (Fsp3) is 0.500. The molecule has 1 fully saturated rings. The van der Waals surface area contributed by atoms with E-state index in [4.69, 9.17) is 4.74 Å². The molecule has 0 bridgehead atoms. The van der Waals surface area contributed by atoms with Gasteiger partial charge in [0.15, 0.2) is 0 Å². The number of anilines is 1. The summed E-state index contributed by atoms with van der Waals surface area (Å²) in [5.41, 5.74) is 1.15. The Hall–Kier alpha value is -1.66. The van der Waals surface area contributed by atoms with Crippen LogP contribution in [-0.4, -0.2) is 46.4 Å². The lowest BCUT2D eigenvalue weighted by molar-refractivity contribution is 0.218. The van der Waals surface area contributed by atoms with Gasteiger partial charge in [-0.2, -0.15) is 4.37 Å². The summed E-state index contributed by atoms with van der Waals surface area (Å²) in [5, 5.41) is 0. The molecule has 6 heteroatoms. The van der Waals surface area contributed by atoms with Crippen molar-refractivity contribution in [1.82, 2.24) is 13.6 Å². The molecular weight excluding hydrogens is 296 g/mol. The molecule has 1 aliphatic heterocycles. The number of benzene rings is 1. The second-order valence-electron chi connectivity index (χ2n) is 5.49.